The van der Waals surface area contributed by atoms with Gasteiger partial charge in [0.15, 0.2) is 5.65 Å². The Labute approximate surface area is 202 Å². The molecular formula is C26H23N5O3S. The Hall–Kier alpha value is -4.24. The van der Waals surface area contributed by atoms with Crippen molar-refractivity contribution >= 4 is 43.8 Å². The number of nitrogen functional groups attached to an aromatic ring is 1. The minimum absolute atomic E-state index is 0.0312. The maximum atomic E-state index is 13.6. The third kappa shape index (κ3) is 4.10. The molecule has 0 saturated heterocycles. The van der Waals surface area contributed by atoms with Gasteiger partial charge in [-0.25, -0.2) is 18.4 Å². The fraction of sp³-hybridized carbons (Fsp3) is 0.115. The zero-order chi connectivity index (χ0) is 24.6. The molecule has 0 spiro atoms. The lowest BCUT2D eigenvalue weighted by molar-refractivity contribution is 0.0952. The molecule has 0 atom stereocenters. The molecule has 176 valence electrons. The maximum Gasteiger partial charge on any atom is 0.251 e. The SMILES string of the molecule is Cc1ccc(C(=O)NCCn2c(N)c(S(=O)(=O)c3ccccc3)c3nc4ccccc4nc32)cc1. The molecule has 5 rings (SSSR count). The Morgan fingerprint density at radius 1 is 0.914 bits per heavy atom. The summed E-state index contributed by atoms with van der Waals surface area (Å²) >= 11 is 0. The van der Waals surface area contributed by atoms with Crippen molar-refractivity contribution in [2.24, 2.45) is 0 Å². The second-order valence-electron chi connectivity index (χ2n) is 8.19. The first kappa shape index (κ1) is 22.5. The molecule has 0 aliphatic carbocycles. The van der Waals surface area contributed by atoms with Crippen LogP contribution in [0.25, 0.3) is 22.2 Å². The molecule has 0 bridgehead atoms. The number of carbonyl (C=O) groups is 1. The van der Waals surface area contributed by atoms with Gasteiger partial charge >= 0.3 is 0 Å². The summed E-state index contributed by atoms with van der Waals surface area (Å²) < 4.78 is 28.8. The lowest BCUT2D eigenvalue weighted by Crippen LogP contribution is -2.27. The summed E-state index contributed by atoms with van der Waals surface area (Å²) in [7, 11) is -3.97. The zero-order valence-corrected chi connectivity index (χ0v) is 19.8. The van der Waals surface area contributed by atoms with Gasteiger partial charge in [-0.15, -0.1) is 0 Å². The number of nitrogens with two attached hydrogens (primary N) is 1. The van der Waals surface area contributed by atoms with Gasteiger partial charge in [0.05, 0.1) is 15.9 Å². The molecule has 1 amide bonds. The first-order valence-electron chi connectivity index (χ1n) is 11.1. The fourth-order valence-electron chi connectivity index (χ4n) is 3.99. The van der Waals surface area contributed by atoms with Crippen LogP contribution in [0, 0.1) is 6.92 Å². The quantitative estimate of drug-likeness (QED) is 0.378. The summed E-state index contributed by atoms with van der Waals surface area (Å²) in [6, 6.07) is 22.6. The molecule has 0 aliphatic rings. The van der Waals surface area contributed by atoms with E-state index >= 15 is 0 Å². The number of aromatic nitrogens is 3. The zero-order valence-electron chi connectivity index (χ0n) is 19.0. The van der Waals surface area contributed by atoms with Gasteiger partial charge in [-0.3, -0.25) is 4.79 Å². The number of anilines is 1. The number of nitrogens with zero attached hydrogens (tertiary/aromatic N) is 3. The van der Waals surface area contributed by atoms with E-state index in [0.717, 1.165) is 5.56 Å². The van der Waals surface area contributed by atoms with Gasteiger partial charge in [0.1, 0.15) is 16.2 Å². The first-order chi connectivity index (χ1) is 16.9. The van der Waals surface area contributed by atoms with Gasteiger partial charge in [-0.2, -0.15) is 0 Å². The Morgan fingerprint density at radius 2 is 1.54 bits per heavy atom. The summed E-state index contributed by atoms with van der Waals surface area (Å²) in [6.45, 7) is 2.39. The van der Waals surface area contributed by atoms with E-state index in [-0.39, 0.29) is 40.1 Å². The highest BCUT2D eigenvalue weighted by Gasteiger charge is 2.30. The summed E-state index contributed by atoms with van der Waals surface area (Å²) in [6.07, 6.45) is 0. The van der Waals surface area contributed by atoms with Crippen LogP contribution >= 0.6 is 0 Å². The summed E-state index contributed by atoms with van der Waals surface area (Å²) in [5, 5.41) is 2.86. The number of nitrogens with one attached hydrogen (secondary N) is 1. The second-order valence-corrected chi connectivity index (χ2v) is 10.1. The molecule has 0 aliphatic heterocycles. The number of amides is 1. The largest absolute Gasteiger partial charge is 0.384 e. The van der Waals surface area contributed by atoms with Crippen LogP contribution in [-0.2, 0) is 16.4 Å². The van der Waals surface area contributed by atoms with Crippen LogP contribution in [0.15, 0.2) is 88.7 Å². The number of carbonyl (C=O) groups excluding carboxylic acids is 1. The van der Waals surface area contributed by atoms with E-state index in [1.54, 1.807) is 47.0 Å². The molecule has 2 aromatic heterocycles. The van der Waals surface area contributed by atoms with Gasteiger partial charge in [-0.05, 0) is 43.3 Å². The normalized spacial score (nSPS) is 11.7. The Morgan fingerprint density at radius 3 is 2.23 bits per heavy atom. The minimum Gasteiger partial charge on any atom is -0.384 e. The van der Waals surface area contributed by atoms with Gasteiger partial charge in [-0.1, -0.05) is 48.0 Å². The molecule has 3 aromatic carbocycles. The average molecular weight is 486 g/mol. The Balaban J connectivity index is 1.57. The van der Waals surface area contributed by atoms with Crippen molar-refractivity contribution < 1.29 is 13.2 Å². The van der Waals surface area contributed by atoms with Crippen molar-refractivity contribution in [1.29, 1.82) is 0 Å². The monoisotopic (exact) mass is 485 g/mol. The number of fused-ring (bicyclic) bond motifs is 2. The number of hydrogen-bond acceptors (Lipinski definition) is 6. The molecule has 0 fully saturated rings. The molecule has 9 heteroatoms. The number of rotatable bonds is 6. The average Bonchev–Trinajstić information content (AvgIpc) is 3.14. The molecule has 5 aromatic rings. The van der Waals surface area contributed by atoms with Gasteiger partial charge < -0.3 is 15.6 Å². The second kappa shape index (κ2) is 8.84. The predicted octanol–water partition coefficient (Wildman–Crippen LogP) is 3.74. The van der Waals surface area contributed by atoms with Crippen molar-refractivity contribution in [2.45, 2.75) is 23.3 Å². The van der Waals surface area contributed by atoms with Crippen LogP contribution in [0.4, 0.5) is 5.82 Å². The molecular weight excluding hydrogens is 462 g/mol. The van der Waals surface area contributed by atoms with Gasteiger partial charge in [0, 0.05) is 18.7 Å². The summed E-state index contributed by atoms with van der Waals surface area (Å²) in [4.78, 5) is 21.9. The summed E-state index contributed by atoms with van der Waals surface area (Å²) in [5.74, 6) is -0.197. The van der Waals surface area contributed by atoms with E-state index in [2.05, 4.69) is 15.3 Å². The fourth-order valence-corrected chi connectivity index (χ4v) is 5.51. The molecule has 0 unspecified atom stereocenters. The highest BCUT2D eigenvalue weighted by Crippen LogP contribution is 2.35. The number of hydrogen-bond donors (Lipinski definition) is 2. The number of para-hydroxylation sites is 2. The minimum atomic E-state index is -3.97. The van der Waals surface area contributed by atoms with Crippen molar-refractivity contribution in [3.8, 4) is 0 Å². The van der Waals surface area contributed by atoms with Crippen LogP contribution < -0.4 is 11.1 Å². The smallest absolute Gasteiger partial charge is 0.251 e. The number of benzene rings is 3. The molecule has 8 nitrogen and oxygen atoms in total. The van der Waals surface area contributed by atoms with E-state index in [4.69, 9.17) is 5.73 Å². The Bertz CT molecular complexity index is 1660. The van der Waals surface area contributed by atoms with Crippen molar-refractivity contribution in [3.63, 3.8) is 0 Å². The van der Waals surface area contributed by atoms with Crippen molar-refractivity contribution in [1.82, 2.24) is 19.9 Å². The molecule has 2 heterocycles. The van der Waals surface area contributed by atoms with Crippen molar-refractivity contribution in [3.05, 3.63) is 90.0 Å². The van der Waals surface area contributed by atoms with E-state index in [1.165, 1.54) is 12.1 Å². The van der Waals surface area contributed by atoms with Crippen molar-refractivity contribution in [2.75, 3.05) is 12.3 Å². The van der Waals surface area contributed by atoms with Crippen LogP contribution in [-0.4, -0.2) is 35.4 Å². The van der Waals surface area contributed by atoms with Crippen LogP contribution in [0.2, 0.25) is 0 Å². The molecule has 3 N–H and O–H groups in total. The lowest BCUT2D eigenvalue weighted by Gasteiger charge is -2.10. The van der Waals surface area contributed by atoms with E-state index in [9.17, 15) is 13.2 Å². The third-order valence-corrected chi connectivity index (χ3v) is 7.64. The first-order valence-corrected chi connectivity index (χ1v) is 12.5. The highest BCUT2D eigenvalue weighted by molar-refractivity contribution is 7.92. The van der Waals surface area contributed by atoms with Gasteiger partial charge in [0.2, 0.25) is 9.84 Å². The van der Waals surface area contributed by atoms with Crippen LogP contribution in [0.1, 0.15) is 15.9 Å². The standard InChI is InChI=1S/C26H23N5O3S/c1-17-11-13-18(14-12-17)26(32)28-15-16-31-24(27)23(35(33,34)19-7-3-2-4-8-19)22-25(31)30-21-10-6-5-9-20(21)29-22/h2-14H,15-16,27H2,1H3,(H,28,32). The Kier molecular flexibility index (Phi) is 5.70. The third-order valence-electron chi connectivity index (χ3n) is 5.80. The molecule has 0 radical (unpaired) electrons. The summed E-state index contributed by atoms with van der Waals surface area (Å²) in [5.41, 5.74) is 9.77. The topological polar surface area (TPSA) is 120 Å². The van der Waals surface area contributed by atoms with E-state index < -0.39 is 9.84 Å². The van der Waals surface area contributed by atoms with Gasteiger partial charge in [0.25, 0.3) is 5.91 Å². The van der Waals surface area contributed by atoms with Crippen LogP contribution in [0.5, 0.6) is 0 Å². The lowest BCUT2D eigenvalue weighted by atomic mass is 10.1. The number of sulfone groups is 1. The van der Waals surface area contributed by atoms with E-state index in [0.29, 0.717) is 22.2 Å². The maximum absolute atomic E-state index is 13.6. The predicted molar refractivity (Wildman–Crippen MR) is 135 cm³/mol. The number of aryl methyl sites for hydroxylation is 1. The molecule has 0 saturated carbocycles. The highest BCUT2D eigenvalue weighted by atomic mass is 32.2. The van der Waals surface area contributed by atoms with Crippen LogP contribution in [0.3, 0.4) is 0 Å². The van der Waals surface area contributed by atoms with E-state index in [1.807, 2.05) is 31.2 Å². The molecule has 35 heavy (non-hydrogen) atoms.